The normalized spacial score (nSPS) is 9.91. The molecule has 1 aromatic rings. The molecule has 0 aromatic carbocycles. The lowest BCUT2D eigenvalue weighted by molar-refractivity contribution is 0.128. The fourth-order valence-electron chi connectivity index (χ4n) is 0.683. The fourth-order valence-corrected chi connectivity index (χ4v) is 0.862. The minimum Gasteiger partial charge on any atom is -0.374 e. The maximum Gasteiger partial charge on any atom is 0.133 e. The van der Waals surface area contributed by atoms with Crippen molar-refractivity contribution in [3.63, 3.8) is 0 Å². The van der Waals surface area contributed by atoms with Crippen LogP contribution in [0, 0.1) is 4.64 Å². The minimum atomic E-state index is 0.501. The Bertz CT molecular complexity index is 271. The summed E-state index contributed by atoms with van der Waals surface area (Å²) in [6, 6.07) is 1.74. The van der Waals surface area contributed by atoms with Gasteiger partial charge in [-0.1, -0.05) is 12.2 Å². The highest BCUT2D eigenvalue weighted by atomic mass is 32.1. The van der Waals surface area contributed by atoms with Gasteiger partial charge in [-0.2, -0.15) is 0 Å². The van der Waals surface area contributed by atoms with E-state index in [0.29, 0.717) is 17.9 Å². The van der Waals surface area contributed by atoms with Gasteiger partial charge in [-0.05, 0) is 13.0 Å². The van der Waals surface area contributed by atoms with Crippen molar-refractivity contribution in [3.05, 3.63) is 22.7 Å². The molecule has 0 saturated heterocycles. The molecule has 0 atom stereocenters. The number of aromatic nitrogens is 2. The maximum absolute atomic E-state index is 5.13. The Labute approximate surface area is 70.4 Å². The summed E-state index contributed by atoms with van der Waals surface area (Å²) >= 11 is 4.90. The molecule has 1 heterocycles. The molecule has 4 heteroatoms. The molecule has 0 aliphatic rings. The Morgan fingerprint density at radius 2 is 2.55 bits per heavy atom. The van der Waals surface area contributed by atoms with E-state index in [1.54, 1.807) is 12.3 Å². The number of hydrogen-bond donors (Lipinski definition) is 1. The molecule has 0 aliphatic heterocycles. The molecule has 0 amide bonds. The largest absolute Gasteiger partial charge is 0.374 e. The number of hydrogen-bond acceptors (Lipinski definition) is 3. The van der Waals surface area contributed by atoms with E-state index < -0.39 is 0 Å². The van der Waals surface area contributed by atoms with Crippen LogP contribution in [0.2, 0.25) is 0 Å². The van der Waals surface area contributed by atoms with E-state index in [-0.39, 0.29) is 0 Å². The van der Waals surface area contributed by atoms with E-state index in [0.717, 1.165) is 5.82 Å². The van der Waals surface area contributed by atoms with Crippen LogP contribution < -0.4 is 0 Å². The third kappa shape index (κ3) is 2.78. The van der Waals surface area contributed by atoms with E-state index in [2.05, 4.69) is 9.97 Å². The highest BCUT2D eigenvalue weighted by Crippen LogP contribution is 1.92. The first-order valence-corrected chi connectivity index (χ1v) is 3.85. The molecule has 1 N–H and O–H groups in total. The second-order valence-corrected chi connectivity index (χ2v) is 2.46. The quantitative estimate of drug-likeness (QED) is 0.701. The average molecular weight is 170 g/mol. The van der Waals surface area contributed by atoms with Crippen LogP contribution in [0.25, 0.3) is 0 Å². The Balaban J connectivity index is 2.64. The summed E-state index contributed by atoms with van der Waals surface area (Å²) in [7, 11) is 0. The van der Waals surface area contributed by atoms with Crippen molar-refractivity contribution in [2.45, 2.75) is 13.5 Å². The molecule has 0 unspecified atom stereocenters. The van der Waals surface area contributed by atoms with E-state index in [9.17, 15) is 0 Å². The number of nitrogens with one attached hydrogen (secondary N) is 1. The molecule has 1 rings (SSSR count). The highest BCUT2D eigenvalue weighted by Gasteiger charge is 1.90. The third-order valence-electron chi connectivity index (χ3n) is 1.17. The SMILES string of the molecule is CCOCc1nccc(=S)[nH]1. The predicted octanol–water partition coefficient (Wildman–Crippen LogP) is 1.68. The van der Waals surface area contributed by atoms with Crippen molar-refractivity contribution in [2.24, 2.45) is 0 Å². The molecule has 0 spiro atoms. The number of H-pyrrole nitrogens is 1. The Morgan fingerprint density at radius 1 is 1.73 bits per heavy atom. The van der Waals surface area contributed by atoms with Crippen molar-refractivity contribution in [1.29, 1.82) is 0 Å². The van der Waals surface area contributed by atoms with E-state index in [4.69, 9.17) is 17.0 Å². The summed E-state index contributed by atoms with van der Waals surface area (Å²) in [6.45, 7) is 3.13. The topological polar surface area (TPSA) is 37.9 Å². The average Bonchev–Trinajstić information content (AvgIpc) is 2.01. The summed E-state index contributed by atoms with van der Waals surface area (Å²) in [5.74, 6) is 0.777. The molecule has 0 aliphatic carbocycles. The van der Waals surface area contributed by atoms with Crippen LogP contribution in [-0.4, -0.2) is 16.6 Å². The van der Waals surface area contributed by atoms with Gasteiger partial charge in [0.1, 0.15) is 17.1 Å². The summed E-state index contributed by atoms with van der Waals surface area (Å²) < 4.78 is 5.82. The van der Waals surface area contributed by atoms with Crippen molar-refractivity contribution in [2.75, 3.05) is 6.61 Å². The number of nitrogens with zero attached hydrogens (tertiary/aromatic N) is 1. The lowest BCUT2D eigenvalue weighted by Crippen LogP contribution is -1.97. The van der Waals surface area contributed by atoms with E-state index in [1.165, 1.54) is 0 Å². The van der Waals surface area contributed by atoms with Gasteiger partial charge in [0.15, 0.2) is 0 Å². The highest BCUT2D eigenvalue weighted by molar-refractivity contribution is 7.71. The molecule has 0 fully saturated rings. The summed E-state index contributed by atoms with van der Waals surface area (Å²) in [6.07, 6.45) is 1.67. The number of rotatable bonds is 3. The Kier molecular flexibility index (Phi) is 3.19. The van der Waals surface area contributed by atoms with Gasteiger partial charge in [0.25, 0.3) is 0 Å². The lowest BCUT2D eigenvalue weighted by Gasteiger charge is -1.98. The van der Waals surface area contributed by atoms with Gasteiger partial charge in [-0.25, -0.2) is 4.98 Å². The van der Waals surface area contributed by atoms with Crippen LogP contribution in [0.1, 0.15) is 12.7 Å². The monoisotopic (exact) mass is 170 g/mol. The maximum atomic E-state index is 5.13. The van der Waals surface area contributed by atoms with Crippen molar-refractivity contribution in [1.82, 2.24) is 9.97 Å². The summed E-state index contributed by atoms with van der Waals surface area (Å²) in [4.78, 5) is 6.95. The predicted molar refractivity (Wildman–Crippen MR) is 44.8 cm³/mol. The zero-order valence-electron chi connectivity index (χ0n) is 6.33. The van der Waals surface area contributed by atoms with Crippen LogP contribution in [0.15, 0.2) is 12.3 Å². The molecule has 3 nitrogen and oxygen atoms in total. The van der Waals surface area contributed by atoms with Crippen LogP contribution in [0.4, 0.5) is 0 Å². The smallest absolute Gasteiger partial charge is 0.133 e. The Morgan fingerprint density at radius 3 is 3.18 bits per heavy atom. The summed E-state index contributed by atoms with van der Waals surface area (Å²) in [5.41, 5.74) is 0. The van der Waals surface area contributed by atoms with Gasteiger partial charge < -0.3 is 9.72 Å². The van der Waals surface area contributed by atoms with Gasteiger partial charge in [0, 0.05) is 12.8 Å². The first-order valence-electron chi connectivity index (χ1n) is 3.45. The number of ether oxygens (including phenoxy) is 1. The van der Waals surface area contributed by atoms with Crippen LogP contribution in [0.5, 0.6) is 0 Å². The van der Waals surface area contributed by atoms with Gasteiger partial charge >= 0.3 is 0 Å². The van der Waals surface area contributed by atoms with Crippen LogP contribution >= 0.6 is 12.2 Å². The standard InChI is InChI=1S/C7H10N2OS/c1-2-10-5-6-8-4-3-7(11)9-6/h3-4H,2,5H2,1H3,(H,8,9,11). The molecule has 0 bridgehead atoms. The van der Waals surface area contributed by atoms with Gasteiger partial charge in [0.2, 0.25) is 0 Å². The molecule has 11 heavy (non-hydrogen) atoms. The van der Waals surface area contributed by atoms with E-state index >= 15 is 0 Å². The molecular weight excluding hydrogens is 160 g/mol. The fraction of sp³-hybridized carbons (Fsp3) is 0.429. The second kappa shape index (κ2) is 4.20. The van der Waals surface area contributed by atoms with Crippen molar-refractivity contribution >= 4 is 12.2 Å². The molecular formula is C7H10N2OS. The zero-order chi connectivity index (χ0) is 8.10. The molecule has 60 valence electrons. The zero-order valence-corrected chi connectivity index (χ0v) is 7.15. The Hall–Kier alpha value is -0.740. The molecule has 0 radical (unpaired) electrons. The number of aromatic amines is 1. The molecule has 1 aromatic heterocycles. The third-order valence-corrected chi connectivity index (χ3v) is 1.40. The lowest BCUT2D eigenvalue weighted by atomic mass is 10.6. The van der Waals surface area contributed by atoms with Crippen LogP contribution in [0.3, 0.4) is 0 Å². The van der Waals surface area contributed by atoms with Crippen LogP contribution in [-0.2, 0) is 11.3 Å². The summed E-state index contributed by atoms with van der Waals surface area (Å²) in [5, 5.41) is 0. The second-order valence-electron chi connectivity index (χ2n) is 2.02. The molecule has 0 saturated carbocycles. The van der Waals surface area contributed by atoms with Crippen molar-refractivity contribution < 1.29 is 4.74 Å². The van der Waals surface area contributed by atoms with Gasteiger partial charge in [-0.3, -0.25) is 0 Å². The van der Waals surface area contributed by atoms with Gasteiger partial charge in [0.05, 0.1) is 0 Å². The first kappa shape index (κ1) is 8.36. The minimum absolute atomic E-state index is 0.501. The van der Waals surface area contributed by atoms with E-state index in [1.807, 2.05) is 6.92 Å². The first-order chi connectivity index (χ1) is 5.33. The van der Waals surface area contributed by atoms with Crippen molar-refractivity contribution in [3.8, 4) is 0 Å². The van der Waals surface area contributed by atoms with Gasteiger partial charge in [-0.15, -0.1) is 0 Å².